The summed E-state index contributed by atoms with van der Waals surface area (Å²) in [6.07, 6.45) is 1.25. The van der Waals surface area contributed by atoms with Gasteiger partial charge in [0.2, 0.25) is 11.6 Å². The number of ether oxygens (including phenoxy) is 1. The van der Waals surface area contributed by atoms with E-state index < -0.39 is 0 Å². The quantitative estimate of drug-likeness (QED) is 0.627. The summed E-state index contributed by atoms with van der Waals surface area (Å²) in [5.41, 5.74) is 3.55. The first-order chi connectivity index (χ1) is 15.0. The van der Waals surface area contributed by atoms with E-state index in [4.69, 9.17) is 9.37 Å². The van der Waals surface area contributed by atoms with Crippen LogP contribution < -0.4 is 15.4 Å². The zero-order valence-electron chi connectivity index (χ0n) is 17.5. The number of carbonyl (C=O) groups is 1. The van der Waals surface area contributed by atoms with Gasteiger partial charge in [-0.3, -0.25) is 4.79 Å². The van der Waals surface area contributed by atoms with E-state index in [-0.39, 0.29) is 17.2 Å². The maximum atomic E-state index is 13.2. The predicted octanol–water partition coefficient (Wildman–Crippen LogP) is 4.87. The Bertz CT molecular complexity index is 1130. The smallest absolute Gasteiger partial charge is 0.219 e. The van der Waals surface area contributed by atoms with E-state index in [1.807, 2.05) is 54.6 Å². The number of aromatic nitrogens is 2. The fraction of sp³-hybridized carbons (Fsp3) is 0.292. The number of allylic oxidation sites excluding steroid dienone is 1. The standard InChI is InChI=1S/C24H24N4O3/c1-24(2)12-18-20(19(29)13-24)21(26-23-22(25-18)27-31-28-23)16-8-10-17(11-9-16)30-14-15-6-4-3-5-7-15/h3-11,21H,12-14H2,1-2H3,(H,25,27)(H,26,28). The molecule has 2 aromatic carbocycles. The van der Waals surface area contributed by atoms with E-state index in [0.29, 0.717) is 24.7 Å². The largest absolute Gasteiger partial charge is 0.489 e. The summed E-state index contributed by atoms with van der Waals surface area (Å²) in [5, 5.41) is 14.5. The number of rotatable bonds is 4. The Morgan fingerprint density at radius 2 is 1.77 bits per heavy atom. The molecule has 1 aliphatic carbocycles. The van der Waals surface area contributed by atoms with Crippen LogP contribution in [-0.2, 0) is 11.4 Å². The number of hydrogen-bond acceptors (Lipinski definition) is 7. The van der Waals surface area contributed by atoms with Crippen molar-refractivity contribution in [2.75, 3.05) is 10.6 Å². The number of benzene rings is 2. The Morgan fingerprint density at radius 3 is 2.55 bits per heavy atom. The Morgan fingerprint density at radius 1 is 1.03 bits per heavy atom. The van der Waals surface area contributed by atoms with Gasteiger partial charge in [-0.2, -0.15) is 0 Å². The number of nitrogens with zero attached hydrogens (tertiary/aromatic N) is 2. The van der Waals surface area contributed by atoms with Crippen LogP contribution in [0.5, 0.6) is 5.75 Å². The van der Waals surface area contributed by atoms with Gasteiger partial charge in [0.1, 0.15) is 12.4 Å². The van der Waals surface area contributed by atoms with Crippen molar-refractivity contribution in [1.82, 2.24) is 10.3 Å². The Balaban J connectivity index is 1.44. The molecule has 3 aromatic rings. The van der Waals surface area contributed by atoms with Crippen LogP contribution in [0.4, 0.5) is 11.6 Å². The molecule has 31 heavy (non-hydrogen) atoms. The highest BCUT2D eigenvalue weighted by atomic mass is 16.6. The van der Waals surface area contributed by atoms with E-state index in [2.05, 4.69) is 34.8 Å². The van der Waals surface area contributed by atoms with E-state index in [0.717, 1.165) is 34.6 Å². The highest BCUT2D eigenvalue weighted by molar-refractivity contribution is 6.00. The van der Waals surface area contributed by atoms with Crippen LogP contribution in [0.15, 0.2) is 70.5 Å². The second-order valence-electron chi connectivity index (χ2n) is 8.84. The van der Waals surface area contributed by atoms with Gasteiger partial charge in [-0.25, -0.2) is 4.63 Å². The van der Waals surface area contributed by atoms with Gasteiger partial charge in [0, 0.05) is 17.7 Å². The van der Waals surface area contributed by atoms with E-state index in [9.17, 15) is 4.79 Å². The topological polar surface area (TPSA) is 89.3 Å². The molecule has 0 spiro atoms. The Kier molecular flexibility index (Phi) is 4.73. The molecule has 0 radical (unpaired) electrons. The third-order valence-corrected chi connectivity index (χ3v) is 5.71. The van der Waals surface area contributed by atoms with Gasteiger partial charge in [0.25, 0.3) is 0 Å². The number of hydrogen-bond donors (Lipinski definition) is 2. The normalized spacial score (nSPS) is 19.5. The summed E-state index contributed by atoms with van der Waals surface area (Å²) >= 11 is 0. The molecule has 1 aliphatic heterocycles. The average molecular weight is 416 g/mol. The molecule has 7 heteroatoms. The van der Waals surface area contributed by atoms with Crippen LogP contribution in [0.2, 0.25) is 0 Å². The first-order valence-corrected chi connectivity index (χ1v) is 10.4. The molecule has 0 amide bonds. The zero-order valence-corrected chi connectivity index (χ0v) is 17.5. The molecular formula is C24H24N4O3. The number of fused-ring (bicyclic) bond motifs is 1. The SMILES string of the molecule is CC1(C)CC(=O)C2=C(C1)Nc1nonc1NC2c1ccc(OCc2ccccc2)cc1. The molecule has 2 aliphatic rings. The van der Waals surface area contributed by atoms with Crippen molar-refractivity contribution in [2.24, 2.45) is 5.41 Å². The van der Waals surface area contributed by atoms with Crippen molar-refractivity contribution < 1.29 is 14.2 Å². The van der Waals surface area contributed by atoms with Crippen molar-refractivity contribution in [3.63, 3.8) is 0 Å². The first-order valence-electron chi connectivity index (χ1n) is 10.4. The summed E-state index contributed by atoms with van der Waals surface area (Å²) < 4.78 is 10.8. The van der Waals surface area contributed by atoms with Gasteiger partial charge >= 0.3 is 0 Å². The fourth-order valence-electron chi connectivity index (χ4n) is 4.25. The molecule has 1 aromatic heterocycles. The van der Waals surface area contributed by atoms with Gasteiger partial charge < -0.3 is 15.4 Å². The zero-order chi connectivity index (χ0) is 21.4. The van der Waals surface area contributed by atoms with E-state index in [1.54, 1.807) is 0 Å². The van der Waals surface area contributed by atoms with Crippen LogP contribution in [0.25, 0.3) is 0 Å². The molecule has 5 rings (SSSR count). The lowest BCUT2D eigenvalue weighted by atomic mass is 9.73. The maximum Gasteiger partial charge on any atom is 0.219 e. The number of carbonyl (C=O) groups excluding carboxylic acids is 1. The predicted molar refractivity (Wildman–Crippen MR) is 117 cm³/mol. The summed E-state index contributed by atoms with van der Waals surface area (Å²) in [7, 11) is 0. The number of Topliss-reactive ketones (excluding diaryl/α,β-unsaturated/α-hetero) is 1. The highest BCUT2D eigenvalue weighted by Gasteiger charge is 2.39. The van der Waals surface area contributed by atoms with Crippen molar-refractivity contribution in [3.05, 3.63) is 77.0 Å². The van der Waals surface area contributed by atoms with Crippen LogP contribution in [0, 0.1) is 5.41 Å². The molecule has 0 fully saturated rings. The molecule has 0 bridgehead atoms. The third-order valence-electron chi connectivity index (χ3n) is 5.71. The molecule has 1 atom stereocenters. The van der Waals surface area contributed by atoms with Crippen molar-refractivity contribution in [1.29, 1.82) is 0 Å². The summed E-state index contributed by atoms with van der Waals surface area (Å²) in [6, 6.07) is 17.5. The molecule has 7 nitrogen and oxygen atoms in total. The van der Waals surface area contributed by atoms with E-state index >= 15 is 0 Å². The molecule has 0 saturated heterocycles. The minimum absolute atomic E-state index is 0.121. The fourth-order valence-corrected chi connectivity index (χ4v) is 4.25. The number of ketones is 1. The van der Waals surface area contributed by atoms with Gasteiger partial charge in [0.15, 0.2) is 5.78 Å². The Hall–Kier alpha value is -3.61. The van der Waals surface area contributed by atoms with Crippen LogP contribution >= 0.6 is 0 Å². The van der Waals surface area contributed by atoms with Crippen LogP contribution in [-0.4, -0.2) is 16.1 Å². The maximum absolute atomic E-state index is 13.2. The monoisotopic (exact) mass is 416 g/mol. The number of anilines is 2. The van der Waals surface area contributed by atoms with Crippen molar-refractivity contribution in [2.45, 2.75) is 39.3 Å². The summed E-state index contributed by atoms with van der Waals surface area (Å²) in [6.45, 7) is 4.71. The number of nitrogens with one attached hydrogen (secondary N) is 2. The third kappa shape index (κ3) is 3.91. The average Bonchev–Trinajstić information content (AvgIpc) is 3.12. The highest BCUT2D eigenvalue weighted by Crippen LogP contribution is 2.44. The lowest BCUT2D eigenvalue weighted by Gasteiger charge is -2.34. The lowest BCUT2D eigenvalue weighted by Crippen LogP contribution is -2.31. The molecule has 1 unspecified atom stereocenters. The molecule has 158 valence electrons. The van der Waals surface area contributed by atoms with Gasteiger partial charge in [-0.15, -0.1) is 0 Å². The van der Waals surface area contributed by atoms with Crippen LogP contribution in [0.3, 0.4) is 0 Å². The summed E-state index contributed by atoms with van der Waals surface area (Å²) in [5.74, 6) is 1.90. The van der Waals surface area contributed by atoms with E-state index in [1.165, 1.54) is 0 Å². The second-order valence-corrected chi connectivity index (χ2v) is 8.84. The molecule has 2 N–H and O–H groups in total. The van der Waals surface area contributed by atoms with Gasteiger partial charge in [-0.1, -0.05) is 56.3 Å². The minimum Gasteiger partial charge on any atom is -0.489 e. The van der Waals surface area contributed by atoms with Gasteiger partial charge in [0.05, 0.1) is 6.04 Å². The lowest BCUT2D eigenvalue weighted by molar-refractivity contribution is -0.118. The first kappa shape index (κ1) is 19.4. The van der Waals surface area contributed by atoms with Crippen LogP contribution in [0.1, 0.15) is 43.9 Å². The molecule has 0 saturated carbocycles. The molecular weight excluding hydrogens is 392 g/mol. The van der Waals surface area contributed by atoms with Crippen molar-refractivity contribution >= 4 is 17.4 Å². The second kappa shape index (κ2) is 7.58. The molecule has 2 heterocycles. The summed E-state index contributed by atoms with van der Waals surface area (Å²) in [4.78, 5) is 13.2. The Labute approximate surface area is 180 Å². The van der Waals surface area contributed by atoms with Gasteiger partial charge in [-0.05, 0) is 45.4 Å². The minimum atomic E-state index is -0.345. The van der Waals surface area contributed by atoms with Crippen molar-refractivity contribution in [3.8, 4) is 5.75 Å².